The molecule has 25 heavy (non-hydrogen) atoms. The van der Waals surface area contributed by atoms with Crippen LogP contribution < -0.4 is 0 Å². The first-order valence-electron chi connectivity index (χ1n) is 9.18. The van der Waals surface area contributed by atoms with E-state index >= 15 is 0 Å². The number of rotatable bonds is 10. The molecule has 0 saturated heterocycles. The molecule has 0 saturated carbocycles. The summed E-state index contributed by atoms with van der Waals surface area (Å²) in [5, 5.41) is 0. The van der Waals surface area contributed by atoms with Gasteiger partial charge in [-0.1, -0.05) is 56.5 Å². The number of hydrogen-bond donors (Lipinski definition) is 0. The Hall–Kier alpha value is -2.16. The Morgan fingerprint density at radius 3 is 2.36 bits per heavy atom. The smallest absolute Gasteiger partial charge is 0.333 e. The van der Waals surface area contributed by atoms with Crippen molar-refractivity contribution in [3.05, 3.63) is 52.6 Å². The number of nitrogens with zero attached hydrogens (tertiary/aromatic N) is 1. The summed E-state index contributed by atoms with van der Waals surface area (Å²) >= 11 is 0. The summed E-state index contributed by atoms with van der Waals surface area (Å²) in [6, 6.07) is 8.26. The van der Waals surface area contributed by atoms with Gasteiger partial charge >= 0.3 is 5.97 Å². The van der Waals surface area contributed by atoms with Crippen molar-refractivity contribution in [2.24, 2.45) is 4.99 Å². The molecule has 0 N–H and O–H groups in total. The number of ether oxygens (including phenoxy) is 1. The van der Waals surface area contributed by atoms with Gasteiger partial charge in [0.25, 0.3) is 0 Å². The van der Waals surface area contributed by atoms with Crippen molar-refractivity contribution in [3.63, 3.8) is 0 Å². The Morgan fingerprint density at radius 1 is 1.08 bits per heavy atom. The van der Waals surface area contributed by atoms with E-state index in [2.05, 4.69) is 42.3 Å². The molecule has 0 atom stereocenters. The molecule has 0 heterocycles. The number of esters is 1. The number of aliphatic imine (C=N–C) groups is 1. The van der Waals surface area contributed by atoms with Crippen molar-refractivity contribution >= 4 is 18.3 Å². The van der Waals surface area contributed by atoms with Gasteiger partial charge in [-0.25, -0.2) is 4.79 Å². The minimum atomic E-state index is -0.239. The van der Waals surface area contributed by atoms with Gasteiger partial charge in [0.1, 0.15) is 0 Å². The lowest BCUT2D eigenvalue weighted by molar-refractivity contribution is -0.138. The maximum atomic E-state index is 11.9. The zero-order valence-corrected chi connectivity index (χ0v) is 16.0. The predicted molar refractivity (Wildman–Crippen MR) is 107 cm³/mol. The van der Waals surface area contributed by atoms with Crippen LogP contribution in [0.25, 0.3) is 6.08 Å². The lowest BCUT2D eigenvalue weighted by Crippen LogP contribution is -2.05. The van der Waals surface area contributed by atoms with Crippen LogP contribution in [0, 0.1) is 0 Å². The third-order valence-corrected chi connectivity index (χ3v) is 3.89. The quantitative estimate of drug-likeness (QED) is 0.183. The minimum Gasteiger partial charge on any atom is -0.463 e. The van der Waals surface area contributed by atoms with Crippen molar-refractivity contribution in [2.75, 3.05) is 13.7 Å². The van der Waals surface area contributed by atoms with E-state index in [1.807, 2.05) is 26.1 Å². The fraction of sp³-hybridized carbons (Fsp3) is 0.455. The molecule has 1 aromatic carbocycles. The second-order valence-corrected chi connectivity index (χ2v) is 6.13. The van der Waals surface area contributed by atoms with Crippen LogP contribution in [-0.2, 0) is 9.53 Å². The molecule has 0 unspecified atom stereocenters. The molecule has 0 spiro atoms. The zero-order valence-electron chi connectivity index (χ0n) is 16.0. The lowest BCUT2D eigenvalue weighted by atomic mass is 10.0. The number of hydrogen-bond acceptors (Lipinski definition) is 3. The third kappa shape index (κ3) is 8.48. The highest BCUT2D eigenvalue weighted by molar-refractivity contribution is 5.88. The molecule has 1 aromatic rings. The average molecular weight is 341 g/mol. The largest absolute Gasteiger partial charge is 0.463 e. The Labute approximate surface area is 152 Å². The molecule has 0 radical (unpaired) electrons. The number of allylic oxidation sites excluding steroid dienone is 2. The zero-order chi connectivity index (χ0) is 18.5. The average Bonchev–Trinajstić information content (AvgIpc) is 2.60. The highest BCUT2D eigenvalue weighted by Gasteiger charge is 2.06. The SMILES string of the molecule is CCCCCCC(=C\c1ccc(C=NC)cc1)/C=C(\C)C(=O)OCC. The summed E-state index contributed by atoms with van der Waals surface area (Å²) in [5.41, 5.74) is 4.03. The van der Waals surface area contributed by atoms with Crippen molar-refractivity contribution < 1.29 is 9.53 Å². The third-order valence-electron chi connectivity index (χ3n) is 3.89. The van der Waals surface area contributed by atoms with Gasteiger partial charge in [-0.15, -0.1) is 0 Å². The van der Waals surface area contributed by atoms with Gasteiger partial charge < -0.3 is 4.74 Å². The van der Waals surface area contributed by atoms with Crippen LogP contribution in [0.2, 0.25) is 0 Å². The highest BCUT2D eigenvalue weighted by atomic mass is 16.5. The van der Waals surface area contributed by atoms with Gasteiger partial charge in [0.2, 0.25) is 0 Å². The summed E-state index contributed by atoms with van der Waals surface area (Å²) in [5.74, 6) is -0.239. The Bertz CT molecular complexity index is 609. The molecule has 1 rings (SSSR count). The summed E-state index contributed by atoms with van der Waals surface area (Å²) in [4.78, 5) is 15.9. The first-order valence-corrected chi connectivity index (χ1v) is 9.18. The van der Waals surface area contributed by atoms with Gasteiger partial charge in [-0.3, -0.25) is 4.99 Å². The summed E-state index contributed by atoms with van der Waals surface area (Å²) < 4.78 is 5.09. The van der Waals surface area contributed by atoms with E-state index in [1.165, 1.54) is 24.8 Å². The molecule has 0 aromatic heterocycles. The van der Waals surface area contributed by atoms with Crippen molar-refractivity contribution in [2.45, 2.75) is 52.9 Å². The second kappa shape index (κ2) is 12.2. The maximum Gasteiger partial charge on any atom is 0.333 e. The number of unbranched alkanes of at least 4 members (excludes halogenated alkanes) is 3. The fourth-order valence-electron chi connectivity index (χ4n) is 2.57. The Kier molecular flexibility index (Phi) is 10.2. The molecule has 0 fully saturated rings. The van der Waals surface area contributed by atoms with Gasteiger partial charge in [-0.2, -0.15) is 0 Å². The van der Waals surface area contributed by atoms with E-state index < -0.39 is 0 Å². The molecular formula is C22H31NO2. The molecule has 0 bridgehead atoms. The van der Waals surface area contributed by atoms with E-state index in [9.17, 15) is 4.79 Å². The molecule has 0 aliphatic rings. The molecule has 0 amide bonds. The minimum absolute atomic E-state index is 0.239. The van der Waals surface area contributed by atoms with Crippen molar-refractivity contribution in [3.8, 4) is 0 Å². The predicted octanol–water partition coefficient (Wildman–Crippen LogP) is 5.60. The summed E-state index contributed by atoms with van der Waals surface area (Å²) in [7, 11) is 1.77. The standard InChI is InChI=1S/C22H31NO2/c1-5-7-8-9-10-21(15-18(3)22(24)25-6-2)16-19-11-13-20(14-12-19)17-23-4/h11-17H,5-10H2,1-4H3/b18-15+,21-16+,23-17?. The van der Waals surface area contributed by atoms with E-state index in [4.69, 9.17) is 4.74 Å². The molecule has 0 aliphatic carbocycles. The van der Waals surface area contributed by atoms with Crippen molar-refractivity contribution in [1.82, 2.24) is 0 Å². The lowest BCUT2D eigenvalue weighted by Gasteiger charge is -2.07. The van der Waals surface area contributed by atoms with E-state index in [1.54, 1.807) is 7.05 Å². The van der Waals surface area contributed by atoms with Crippen LogP contribution in [0.3, 0.4) is 0 Å². The van der Waals surface area contributed by atoms with Gasteiger partial charge in [-0.05, 0) is 49.5 Å². The van der Waals surface area contributed by atoms with Gasteiger partial charge in [0.15, 0.2) is 0 Å². The Balaban J connectivity index is 2.95. The van der Waals surface area contributed by atoms with E-state index in [0.29, 0.717) is 12.2 Å². The fourth-order valence-corrected chi connectivity index (χ4v) is 2.57. The first-order chi connectivity index (χ1) is 12.1. The van der Waals surface area contributed by atoms with Gasteiger partial charge in [0.05, 0.1) is 6.61 Å². The van der Waals surface area contributed by atoms with Crippen LogP contribution in [-0.4, -0.2) is 25.8 Å². The van der Waals surface area contributed by atoms with Crippen molar-refractivity contribution in [1.29, 1.82) is 0 Å². The normalized spacial score (nSPS) is 12.6. The summed E-state index contributed by atoms with van der Waals surface area (Å²) in [6.07, 6.45) is 11.7. The molecular weight excluding hydrogens is 310 g/mol. The van der Waals surface area contributed by atoms with Gasteiger partial charge in [0, 0.05) is 18.8 Å². The van der Waals surface area contributed by atoms with Crippen LogP contribution in [0.15, 0.2) is 46.5 Å². The van der Waals surface area contributed by atoms with Crippen LogP contribution >= 0.6 is 0 Å². The van der Waals surface area contributed by atoms with Crippen LogP contribution in [0.1, 0.15) is 64.0 Å². The van der Waals surface area contributed by atoms with Crippen LogP contribution in [0.5, 0.6) is 0 Å². The molecule has 0 aliphatic heterocycles. The Morgan fingerprint density at radius 2 is 1.76 bits per heavy atom. The number of carbonyl (C=O) groups excluding carboxylic acids is 1. The molecule has 136 valence electrons. The number of carbonyl (C=O) groups is 1. The maximum absolute atomic E-state index is 11.9. The number of benzene rings is 1. The topological polar surface area (TPSA) is 38.7 Å². The first kappa shape index (κ1) is 20.9. The molecule has 3 heteroatoms. The monoisotopic (exact) mass is 341 g/mol. The second-order valence-electron chi connectivity index (χ2n) is 6.13. The van der Waals surface area contributed by atoms with E-state index in [-0.39, 0.29) is 5.97 Å². The molecule has 3 nitrogen and oxygen atoms in total. The summed E-state index contributed by atoms with van der Waals surface area (Å²) in [6.45, 7) is 6.26. The highest BCUT2D eigenvalue weighted by Crippen LogP contribution is 2.18. The van der Waals surface area contributed by atoms with Crippen LogP contribution in [0.4, 0.5) is 0 Å². The van der Waals surface area contributed by atoms with E-state index in [0.717, 1.165) is 24.0 Å².